The highest BCUT2D eigenvalue weighted by Crippen LogP contribution is 2.41. The largest absolute Gasteiger partial charge is 0.496 e. The lowest BCUT2D eigenvalue weighted by atomic mass is 9.91. The zero-order chi connectivity index (χ0) is 28.6. The molecular weight excluding hydrogens is 768 g/mol. The highest BCUT2D eigenvalue weighted by Gasteiger charge is 2.22. The van der Waals surface area contributed by atoms with Crippen LogP contribution in [-0.4, -0.2) is 28.4 Å². The van der Waals surface area contributed by atoms with E-state index in [4.69, 9.17) is 18.9 Å². The van der Waals surface area contributed by atoms with Crippen LogP contribution in [0.1, 0.15) is 44.5 Å². The summed E-state index contributed by atoms with van der Waals surface area (Å²) in [6.45, 7) is 0. The molecule has 0 spiro atoms. The third-order valence-corrected chi connectivity index (χ3v) is 9.00. The molecule has 0 radical (unpaired) electrons. The van der Waals surface area contributed by atoms with Crippen molar-refractivity contribution in [3.05, 3.63) is 111 Å². The molecule has 1 aliphatic rings. The van der Waals surface area contributed by atoms with Crippen molar-refractivity contribution in [2.75, 3.05) is 28.4 Å². The van der Waals surface area contributed by atoms with E-state index in [2.05, 4.69) is 112 Å². The molecule has 0 saturated carbocycles. The van der Waals surface area contributed by atoms with Gasteiger partial charge >= 0.3 is 0 Å². The van der Waals surface area contributed by atoms with E-state index in [1.165, 1.54) is 0 Å². The number of rotatable bonds is 4. The summed E-state index contributed by atoms with van der Waals surface area (Å²) in [7, 11) is 6.94. The van der Waals surface area contributed by atoms with E-state index in [0.29, 0.717) is 25.7 Å². The highest BCUT2D eigenvalue weighted by molar-refractivity contribution is 9.11. The molecule has 8 heteroatoms. The van der Waals surface area contributed by atoms with E-state index in [0.717, 1.165) is 85.4 Å². The van der Waals surface area contributed by atoms with Gasteiger partial charge in [-0.3, -0.25) is 0 Å². The van der Waals surface area contributed by atoms with Crippen molar-refractivity contribution in [1.29, 1.82) is 0 Å². The van der Waals surface area contributed by atoms with Crippen LogP contribution in [0.2, 0.25) is 0 Å². The third-order valence-electron chi connectivity index (χ3n) is 7.17. The molecule has 4 aromatic carbocycles. The van der Waals surface area contributed by atoms with Crippen LogP contribution >= 0.6 is 63.7 Å². The molecule has 0 N–H and O–H groups in total. The molecule has 4 nitrogen and oxygen atoms in total. The number of methoxy groups -OCH3 is 4. The molecule has 0 heterocycles. The standard InChI is InChI=1S/C32H28Br4O4/c1-37-29-17-5-19-11-26(34)13-21(30(19)38-2)7-23-15-28(36)16-24(32(23)40-4)8-22-14-27(35)12-20(31(22)39-3)6-18(29)10-25(33)9-17/h9-16H,5-8H2,1-4H3. The summed E-state index contributed by atoms with van der Waals surface area (Å²) in [5, 5.41) is 0. The zero-order valence-corrected chi connectivity index (χ0v) is 28.9. The molecule has 5 rings (SSSR count). The quantitative estimate of drug-likeness (QED) is 0.182. The second kappa shape index (κ2) is 12.5. The minimum atomic E-state index is 0.632. The Labute approximate surface area is 268 Å². The van der Waals surface area contributed by atoms with E-state index in [1.54, 1.807) is 28.4 Å². The average Bonchev–Trinajstić information content (AvgIpc) is 2.88. The predicted octanol–water partition coefficient (Wildman–Crippen LogP) is 9.45. The van der Waals surface area contributed by atoms with Crippen molar-refractivity contribution in [1.82, 2.24) is 0 Å². The lowest BCUT2D eigenvalue weighted by molar-refractivity contribution is 0.395. The molecule has 0 saturated heterocycles. The number of halogens is 4. The highest BCUT2D eigenvalue weighted by atomic mass is 79.9. The Hall–Kier alpha value is -2.00. The molecular formula is C32H28Br4O4. The van der Waals surface area contributed by atoms with Gasteiger partial charge in [-0.05, 0) is 48.5 Å². The van der Waals surface area contributed by atoms with Gasteiger partial charge in [-0.1, -0.05) is 63.7 Å². The van der Waals surface area contributed by atoms with Crippen molar-refractivity contribution >= 4 is 63.7 Å². The van der Waals surface area contributed by atoms with Gasteiger partial charge in [0.1, 0.15) is 23.0 Å². The van der Waals surface area contributed by atoms with Gasteiger partial charge in [-0.15, -0.1) is 0 Å². The Morgan fingerprint density at radius 2 is 0.500 bits per heavy atom. The normalized spacial score (nSPS) is 12.6. The van der Waals surface area contributed by atoms with Crippen LogP contribution in [0.5, 0.6) is 23.0 Å². The van der Waals surface area contributed by atoms with Crippen LogP contribution in [0.3, 0.4) is 0 Å². The second-order valence-corrected chi connectivity index (χ2v) is 13.4. The van der Waals surface area contributed by atoms with Crippen LogP contribution < -0.4 is 18.9 Å². The smallest absolute Gasteiger partial charge is 0.125 e. The summed E-state index contributed by atoms with van der Waals surface area (Å²) in [6, 6.07) is 17.0. The van der Waals surface area contributed by atoms with E-state index < -0.39 is 0 Å². The second-order valence-electron chi connectivity index (χ2n) is 9.74. The van der Waals surface area contributed by atoms with E-state index in [9.17, 15) is 0 Å². The van der Waals surface area contributed by atoms with Gasteiger partial charge in [0.2, 0.25) is 0 Å². The maximum absolute atomic E-state index is 6.06. The van der Waals surface area contributed by atoms with Crippen molar-refractivity contribution in [3.63, 3.8) is 0 Å². The minimum absolute atomic E-state index is 0.632. The lowest BCUT2D eigenvalue weighted by Crippen LogP contribution is -2.07. The molecule has 0 aromatic heterocycles. The van der Waals surface area contributed by atoms with Crippen LogP contribution in [0, 0.1) is 0 Å². The minimum Gasteiger partial charge on any atom is -0.496 e. The van der Waals surface area contributed by atoms with Gasteiger partial charge in [0, 0.05) is 88.1 Å². The summed E-state index contributed by atoms with van der Waals surface area (Å²) < 4.78 is 28.2. The summed E-state index contributed by atoms with van der Waals surface area (Å²) in [6.07, 6.45) is 2.53. The van der Waals surface area contributed by atoms with E-state index >= 15 is 0 Å². The molecule has 0 unspecified atom stereocenters. The van der Waals surface area contributed by atoms with Crippen LogP contribution in [0.25, 0.3) is 0 Å². The molecule has 0 amide bonds. The van der Waals surface area contributed by atoms with Crippen molar-refractivity contribution < 1.29 is 18.9 Å². The summed E-state index contributed by atoms with van der Waals surface area (Å²) in [5.41, 5.74) is 8.54. The maximum Gasteiger partial charge on any atom is 0.125 e. The Bertz CT molecular complexity index is 1270. The monoisotopic (exact) mass is 792 g/mol. The molecule has 208 valence electrons. The SMILES string of the molecule is COc1c2cc(Br)cc1Cc1cc(Br)cc(c1OC)Cc1cc(Br)cc(c1OC)Cc1cc(Br)cc(c1OC)C2. The summed E-state index contributed by atoms with van der Waals surface area (Å²) in [5.74, 6) is 3.44. The summed E-state index contributed by atoms with van der Waals surface area (Å²) >= 11 is 15.0. The van der Waals surface area contributed by atoms with Gasteiger partial charge in [0.05, 0.1) is 28.4 Å². The molecule has 4 aromatic rings. The van der Waals surface area contributed by atoms with E-state index in [1.807, 2.05) is 0 Å². The molecule has 1 aliphatic carbocycles. The Kier molecular flexibility index (Phi) is 9.20. The predicted molar refractivity (Wildman–Crippen MR) is 174 cm³/mol. The summed E-state index contributed by atoms with van der Waals surface area (Å²) in [4.78, 5) is 0. The van der Waals surface area contributed by atoms with Gasteiger partial charge in [-0.2, -0.15) is 0 Å². The van der Waals surface area contributed by atoms with Crippen molar-refractivity contribution in [3.8, 4) is 23.0 Å². The Morgan fingerprint density at radius 1 is 0.350 bits per heavy atom. The fourth-order valence-corrected chi connectivity index (χ4v) is 7.98. The number of ether oxygens (including phenoxy) is 4. The van der Waals surface area contributed by atoms with Crippen LogP contribution in [0.15, 0.2) is 66.4 Å². The van der Waals surface area contributed by atoms with Gasteiger partial charge in [0.25, 0.3) is 0 Å². The lowest BCUT2D eigenvalue weighted by Gasteiger charge is -2.22. The maximum atomic E-state index is 6.06. The van der Waals surface area contributed by atoms with Crippen molar-refractivity contribution in [2.45, 2.75) is 25.7 Å². The molecule has 0 fully saturated rings. The Balaban J connectivity index is 1.84. The number of hydrogen-bond acceptors (Lipinski definition) is 4. The molecule has 0 atom stereocenters. The first-order valence-corrected chi connectivity index (χ1v) is 15.8. The average molecular weight is 796 g/mol. The molecule has 0 aliphatic heterocycles. The fourth-order valence-electron chi connectivity index (χ4n) is 5.77. The number of benzene rings is 4. The van der Waals surface area contributed by atoms with Crippen LogP contribution in [0.4, 0.5) is 0 Å². The first-order chi connectivity index (χ1) is 19.2. The van der Waals surface area contributed by atoms with Gasteiger partial charge < -0.3 is 18.9 Å². The van der Waals surface area contributed by atoms with Gasteiger partial charge in [-0.25, -0.2) is 0 Å². The molecule has 8 bridgehead atoms. The first kappa shape index (κ1) is 29.5. The molecule has 40 heavy (non-hydrogen) atoms. The third kappa shape index (κ3) is 5.96. The first-order valence-electron chi connectivity index (χ1n) is 12.7. The van der Waals surface area contributed by atoms with Crippen molar-refractivity contribution in [2.24, 2.45) is 0 Å². The van der Waals surface area contributed by atoms with Gasteiger partial charge in [0.15, 0.2) is 0 Å². The zero-order valence-electron chi connectivity index (χ0n) is 22.6. The number of fused-ring (bicyclic) bond motifs is 8. The van der Waals surface area contributed by atoms with E-state index in [-0.39, 0.29) is 0 Å². The topological polar surface area (TPSA) is 36.9 Å². The van der Waals surface area contributed by atoms with Crippen LogP contribution in [-0.2, 0) is 25.7 Å². The Morgan fingerprint density at radius 3 is 0.625 bits per heavy atom. The fraction of sp³-hybridized carbons (Fsp3) is 0.250. The number of hydrogen-bond donors (Lipinski definition) is 0.